The summed E-state index contributed by atoms with van der Waals surface area (Å²) in [7, 11) is 2.99. The average Bonchev–Trinajstić information content (AvgIpc) is 3.41. The fourth-order valence-electron chi connectivity index (χ4n) is 4.43. The molecule has 5 rings (SSSR count). The van der Waals surface area contributed by atoms with Crippen molar-refractivity contribution in [2.24, 2.45) is 0 Å². The van der Waals surface area contributed by atoms with E-state index in [1.807, 2.05) is 0 Å². The van der Waals surface area contributed by atoms with Crippen LogP contribution >= 0.6 is 0 Å². The number of hydrogen-bond acceptors (Lipinski definition) is 10. The molecule has 1 fully saturated rings. The zero-order chi connectivity index (χ0) is 27.1. The van der Waals surface area contributed by atoms with Crippen LogP contribution in [0.4, 0.5) is 0 Å². The van der Waals surface area contributed by atoms with Gasteiger partial charge in [0.05, 0.1) is 31.0 Å². The maximum atomic E-state index is 13.3. The topological polar surface area (TPSA) is 159 Å². The third-order valence-electron chi connectivity index (χ3n) is 6.33. The first-order valence-corrected chi connectivity index (χ1v) is 11.5. The third-order valence-corrected chi connectivity index (χ3v) is 6.33. The second-order valence-electron chi connectivity index (χ2n) is 8.49. The first-order valence-electron chi connectivity index (χ1n) is 11.5. The lowest BCUT2D eigenvalue weighted by molar-refractivity contribution is -0.136. The Labute approximate surface area is 215 Å². The SMILES string of the molecule is COc1ccc(OC)c(-n2nnc(C(=O)Oc3cccc4c3C(=O)N(C3CCC(=O)NC3=O)C4=O)c2C)c1. The molecule has 0 spiro atoms. The van der Waals surface area contributed by atoms with Crippen LogP contribution in [0, 0.1) is 6.92 Å². The molecule has 3 heterocycles. The maximum Gasteiger partial charge on any atom is 0.366 e. The molecule has 2 aliphatic rings. The Morgan fingerprint density at radius 1 is 1.03 bits per heavy atom. The van der Waals surface area contributed by atoms with E-state index in [0.717, 1.165) is 4.90 Å². The molecule has 0 aliphatic carbocycles. The normalized spacial score (nSPS) is 16.8. The smallest absolute Gasteiger partial charge is 0.366 e. The molecule has 0 radical (unpaired) electrons. The number of nitrogens with zero attached hydrogens (tertiary/aromatic N) is 4. The minimum absolute atomic E-state index is 0.00128. The van der Waals surface area contributed by atoms with E-state index in [0.29, 0.717) is 22.9 Å². The van der Waals surface area contributed by atoms with Gasteiger partial charge in [0.1, 0.15) is 29.0 Å². The number of esters is 1. The molecule has 194 valence electrons. The van der Waals surface area contributed by atoms with Crippen molar-refractivity contribution >= 4 is 29.6 Å². The molecular formula is C25H21N5O8. The molecule has 3 aromatic rings. The molecule has 0 saturated carbocycles. The number of imide groups is 2. The Morgan fingerprint density at radius 3 is 2.53 bits per heavy atom. The molecule has 2 aliphatic heterocycles. The quantitative estimate of drug-likeness (QED) is 0.285. The summed E-state index contributed by atoms with van der Waals surface area (Å²) >= 11 is 0. The Balaban J connectivity index is 1.44. The average molecular weight is 519 g/mol. The molecule has 1 saturated heterocycles. The van der Waals surface area contributed by atoms with Crippen LogP contribution in [0.5, 0.6) is 17.2 Å². The number of aromatic nitrogens is 3. The molecule has 2 aromatic carbocycles. The second kappa shape index (κ2) is 9.42. The Morgan fingerprint density at radius 2 is 1.82 bits per heavy atom. The lowest BCUT2D eigenvalue weighted by Crippen LogP contribution is -2.54. The van der Waals surface area contributed by atoms with Crippen molar-refractivity contribution in [3.63, 3.8) is 0 Å². The van der Waals surface area contributed by atoms with Crippen LogP contribution in [-0.4, -0.2) is 69.8 Å². The number of hydrogen-bond donors (Lipinski definition) is 1. The van der Waals surface area contributed by atoms with E-state index in [1.165, 1.54) is 37.1 Å². The Bertz CT molecular complexity index is 1530. The maximum absolute atomic E-state index is 13.3. The second-order valence-corrected chi connectivity index (χ2v) is 8.49. The zero-order valence-corrected chi connectivity index (χ0v) is 20.5. The number of piperidine rings is 1. The number of benzene rings is 2. The van der Waals surface area contributed by atoms with Gasteiger partial charge in [-0.15, -0.1) is 5.10 Å². The predicted octanol–water partition coefficient (Wildman–Crippen LogP) is 1.21. The number of rotatable bonds is 6. The highest BCUT2D eigenvalue weighted by Crippen LogP contribution is 2.34. The summed E-state index contributed by atoms with van der Waals surface area (Å²) in [4.78, 5) is 64.0. The largest absolute Gasteiger partial charge is 0.497 e. The van der Waals surface area contributed by atoms with Gasteiger partial charge in [0.25, 0.3) is 11.8 Å². The van der Waals surface area contributed by atoms with E-state index in [1.54, 1.807) is 25.1 Å². The third kappa shape index (κ3) is 3.93. The number of ether oxygens (including phenoxy) is 3. The van der Waals surface area contributed by atoms with Gasteiger partial charge in [0, 0.05) is 12.5 Å². The number of nitrogens with one attached hydrogen (secondary N) is 1. The molecule has 38 heavy (non-hydrogen) atoms. The van der Waals surface area contributed by atoms with E-state index in [2.05, 4.69) is 15.6 Å². The van der Waals surface area contributed by atoms with Gasteiger partial charge >= 0.3 is 5.97 Å². The summed E-state index contributed by atoms with van der Waals surface area (Å²) in [5, 5.41) is 10.1. The highest BCUT2D eigenvalue weighted by atomic mass is 16.5. The standard InChI is InChI=1S/C25H21N5O8/c1-12-21(27-28-30(12)16-11-13(36-2)7-9-17(16)37-3)25(35)38-18-6-4-5-14-20(18)24(34)29(23(14)33)15-8-10-19(31)26-22(15)32/h4-7,9,11,15H,8,10H2,1-3H3,(H,26,31,32). The Kier molecular flexibility index (Phi) is 6.11. The van der Waals surface area contributed by atoms with Crippen LogP contribution in [-0.2, 0) is 9.59 Å². The molecule has 1 aromatic heterocycles. The summed E-state index contributed by atoms with van der Waals surface area (Å²) in [5.41, 5.74) is 0.478. The molecule has 1 atom stereocenters. The van der Waals surface area contributed by atoms with Gasteiger partial charge in [-0.1, -0.05) is 11.3 Å². The zero-order valence-electron chi connectivity index (χ0n) is 20.5. The number of carbonyl (C=O) groups excluding carboxylic acids is 5. The van der Waals surface area contributed by atoms with Gasteiger partial charge in [-0.2, -0.15) is 0 Å². The van der Waals surface area contributed by atoms with Gasteiger partial charge in [-0.05, 0) is 37.6 Å². The molecule has 13 nitrogen and oxygen atoms in total. The van der Waals surface area contributed by atoms with Crippen LogP contribution in [0.1, 0.15) is 49.7 Å². The van der Waals surface area contributed by atoms with Crippen molar-refractivity contribution in [1.29, 1.82) is 0 Å². The summed E-state index contributed by atoms with van der Waals surface area (Å²) in [6.45, 7) is 1.60. The van der Waals surface area contributed by atoms with Crippen LogP contribution in [0.25, 0.3) is 5.69 Å². The van der Waals surface area contributed by atoms with Gasteiger partial charge in [0.15, 0.2) is 5.69 Å². The summed E-state index contributed by atoms with van der Waals surface area (Å²) in [6.07, 6.45) is -0.0139. The van der Waals surface area contributed by atoms with Crippen molar-refractivity contribution in [3.05, 3.63) is 58.9 Å². The van der Waals surface area contributed by atoms with Gasteiger partial charge in [-0.3, -0.25) is 29.4 Å². The number of carbonyl (C=O) groups is 5. The first kappa shape index (κ1) is 24.6. The van der Waals surface area contributed by atoms with Crippen LogP contribution in [0.15, 0.2) is 36.4 Å². The van der Waals surface area contributed by atoms with E-state index in [-0.39, 0.29) is 35.4 Å². The fraction of sp³-hybridized carbons (Fsp3) is 0.240. The molecule has 1 unspecified atom stereocenters. The number of amides is 4. The highest BCUT2D eigenvalue weighted by Gasteiger charge is 2.46. The van der Waals surface area contributed by atoms with Gasteiger partial charge < -0.3 is 14.2 Å². The summed E-state index contributed by atoms with van der Waals surface area (Å²) in [5.74, 6) is -2.84. The van der Waals surface area contributed by atoms with E-state index >= 15 is 0 Å². The van der Waals surface area contributed by atoms with E-state index in [9.17, 15) is 24.0 Å². The van der Waals surface area contributed by atoms with Gasteiger partial charge in [0.2, 0.25) is 11.8 Å². The molecular weight excluding hydrogens is 498 g/mol. The van der Waals surface area contributed by atoms with Crippen molar-refractivity contribution in [2.75, 3.05) is 14.2 Å². The van der Waals surface area contributed by atoms with Crippen LogP contribution in [0.2, 0.25) is 0 Å². The van der Waals surface area contributed by atoms with Gasteiger partial charge in [-0.25, -0.2) is 9.48 Å². The van der Waals surface area contributed by atoms with Crippen molar-refractivity contribution < 1.29 is 38.2 Å². The monoisotopic (exact) mass is 519 g/mol. The highest BCUT2D eigenvalue weighted by molar-refractivity contribution is 6.24. The first-order chi connectivity index (χ1) is 18.2. The summed E-state index contributed by atoms with van der Waals surface area (Å²) in [6, 6.07) is 8.10. The van der Waals surface area contributed by atoms with E-state index in [4.69, 9.17) is 14.2 Å². The number of methoxy groups -OCH3 is 2. The predicted molar refractivity (Wildman–Crippen MR) is 127 cm³/mol. The minimum atomic E-state index is -1.15. The van der Waals surface area contributed by atoms with E-state index < -0.39 is 35.6 Å². The van der Waals surface area contributed by atoms with Crippen molar-refractivity contribution in [3.8, 4) is 22.9 Å². The molecule has 13 heteroatoms. The minimum Gasteiger partial charge on any atom is -0.497 e. The van der Waals surface area contributed by atoms with Crippen molar-refractivity contribution in [2.45, 2.75) is 25.8 Å². The van der Waals surface area contributed by atoms with Crippen LogP contribution in [0.3, 0.4) is 0 Å². The summed E-state index contributed by atoms with van der Waals surface area (Å²) < 4.78 is 17.5. The van der Waals surface area contributed by atoms with Crippen molar-refractivity contribution in [1.82, 2.24) is 25.2 Å². The number of fused-ring (bicyclic) bond motifs is 1. The molecule has 4 amide bonds. The fourth-order valence-corrected chi connectivity index (χ4v) is 4.43. The lowest BCUT2D eigenvalue weighted by atomic mass is 10.0. The molecule has 1 N–H and O–H groups in total. The Hall–Kier alpha value is -5.07. The molecule has 0 bridgehead atoms. The lowest BCUT2D eigenvalue weighted by Gasteiger charge is -2.27. The van der Waals surface area contributed by atoms with Crippen LogP contribution < -0.4 is 19.5 Å².